The van der Waals surface area contributed by atoms with Crippen LogP contribution in [0.3, 0.4) is 0 Å². The average molecular weight is 288 g/mol. The number of furan rings is 1. The molecular weight excluding hydrogens is 264 g/mol. The van der Waals surface area contributed by atoms with Gasteiger partial charge in [-0.1, -0.05) is 18.2 Å². The molecule has 21 heavy (non-hydrogen) atoms. The largest absolute Gasteiger partial charge is 0.459 e. The number of ether oxygens (including phenoxy) is 1. The quantitative estimate of drug-likeness (QED) is 0.759. The van der Waals surface area contributed by atoms with Gasteiger partial charge < -0.3 is 14.9 Å². The van der Waals surface area contributed by atoms with Crippen LogP contribution >= 0.6 is 0 Å². The van der Waals surface area contributed by atoms with Gasteiger partial charge in [0.15, 0.2) is 0 Å². The molecule has 1 aliphatic rings. The molecule has 2 N–H and O–H groups in total. The first kappa shape index (κ1) is 14.6. The molecule has 4 heteroatoms. The number of para-hydroxylation sites is 1. The highest BCUT2D eigenvalue weighted by Crippen LogP contribution is 2.29. The van der Waals surface area contributed by atoms with E-state index in [1.807, 2.05) is 18.2 Å². The van der Waals surface area contributed by atoms with Gasteiger partial charge in [-0.2, -0.15) is 0 Å². The number of hydrogen-bond acceptors (Lipinski definition) is 4. The highest BCUT2D eigenvalue weighted by Gasteiger charge is 2.22. The molecule has 1 unspecified atom stereocenters. The Kier molecular flexibility index (Phi) is 4.58. The lowest BCUT2D eigenvalue weighted by atomic mass is 10.2. The maximum Gasteiger partial charge on any atom is 0.134 e. The predicted molar refractivity (Wildman–Crippen MR) is 84.2 cm³/mol. The molecule has 1 aliphatic carbocycles. The fraction of sp³-hybridized carbons (Fsp3) is 0.529. The Morgan fingerprint density at radius 1 is 1.38 bits per heavy atom. The number of benzene rings is 1. The zero-order valence-electron chi connectivity index (χ0n) is 12.6. The van der Waals surface area contributed by atoms with Crippen molar-refractivity contribution in [3.8, 4) is 0 Å². The predicted octanol–water partition coefficient (Wildman–Crippen LogP) is 2.79. The molecule has 1 fully saturated rings. The monoisotopic (exact) mass is 288 g/mol. The van der Waals surface area contributed by atoms with Gasteiger partial charge in [0.1, 0.15) is 11.3 Å². The number of hydrogen-bond donors (Lipinski definition) is 1. The number of fused-ring (bicyclic) bond motifs is 1. The van der Waals surface area contributed by atoms with E-state index in [-0.39, 0.29) is 6.04 Å². The van der Waals surface area contributed by atoms with Gasteiger partial charge in [0.2, 0.25) is 0 Å². The van der Waals surface area contributed by atoms with Crippen molar-refractivity contribution in [2.45, 2.75) is 18.9 Å². The van der Waals surface area contributed by atoms with Crippen molar-refractivity contribution < 1.29 is 9.15 Å². The van der Waals surface area contributed by atoms with Crippen molar-refractivity contribution in [1.82, 2.24) is 4.90 Å². The van der Waals surface area contributed by atoms with Crippen molar-refractivity contribution in [3.63, 3.8) is 0 Å². The fourth-order valence-corrected chi connectivity index (χ4v) is 2.58. The van der Waals surface area contributed by atoms with Crippen LogP contribution in [0.5, 0.6) is 0 Å². The van der Waals surface area contributed by atoms with Crippen LogP contribution in [-0.4, -0.2) is 38.3 Å². The second-order valence-corrected chi connectivity index (χ2v) is 5.94. The van der Waals surface area contributed by atoms with Crippen molar-refractivity contribution in [1.29, 1.82) is 0 Å². The molecule has 1 saturated carbocycles. The van der Waals surface area contributed by atoms with E-state index in [0.29, 0.717) is 6.54 Å². The summed E-state index contributed by atoms with van der Waals surface area (Å²) in [6.45, 7) is 3.07. The SMILES string of the molecule is CN(CCOCC1CC1)C(CN)c1cc2ccccc2o1. The summed E-state index contributed by atoms with van der Waals surface area (Å²) in [4.78, 5) is 2.21. The number of rotatable bonds is 8. The second kappa shape index (κ2) is 6.60. The first-order chi connectivity index (χ1) is 10.3. The van der Waals surface area contributed by atoms with Gasteiger partial charge in [0, 0.05) is 25.1 Å². The molecular formula is C17H24N2O2. The van der Waals surface area contributed by atoms with E-state index < -0.39 is 0 Å². The average Bonchev–Trinajstić information content (AvgIpc) is 3.22. The Morgan fingerprint density at radius 3 is 2.90 bits per heavy atom. The van der Waals surface area contributed by atoms with Crippen LogP contribution in [0.1, 0.15) is 24.6 Å². The van der Waals surface area contributed by atoms with Gasteiger partial charge in [-0.05, 0) is 37.9 Å². The minimum absolute atomic E-state index is 0.0990. The van der Waals surface area contributed by atoms with Gasteiger partial charge in [-0.15, -0.1) is 0 Å². The summed E-state index contributed by atoms with van der Waals surface area (Å²) in [5.41, 5.74) is 6.87. The number of nitrogens with two attached hydrogens (primary N) is 1. The van der Waals surface area contributed by atoms with Crippen LogP contribution in [0.4, 0.5) is 0 Å². The smallest absolute Gasteiger partial charge is 0.134 e. The van der Waals surface area contributed by atoms with Crippen LogP contribution in [0, 0.1) is 5.92 Å². The van der Waals surface area contributed by atoms with E-state index in [1.165, 1.54) is 12.8 Å². The molecule has 1 aromatic heterocycles. The third-order valence-electron chi connectivity index (χ3n) is 4.17. The topological polar surface area (TPSA) is 51.6 Å². The maximum atomic E-state index is 5.95. The van der Waals surface area contributed by atoms with Crippen molar-refractivity contribution in [2.75, 3.05) is 33.4 Å². The lowest BCUT2D eigenvalue weighted by Crippen LogP contribution is -2.33. The Bertz CT molecular complexity index is 544. The summed E-state index contributed by atoms with van der Waals surface area (Å²) in [5, 5.41) is 1.13. The first-order valence-corrected chi connectivity index (χ1v) is 7.74. The summed E-state index contributed by atoms with van der Waals surface area (Å²) in [6.07, 6.45) is 2.67. The molecule has 1 heterocycles. The molecule has 0 amide bonds. The van der Waals surface area contributed by atoms with E-state index in [2.05, 4.69) is 24.1 Å². The summed E-state index contributed by atoms with van der Waals surface area (Å²) in [6, 6.07) is 10.3. The maximum absolute atomic E-state index is 5.95. The highest BCUT2D eigenvalue weighted by molar-refractivity contribution is 5.77. The first-order valence-electron chi connectivity index (χ1n) is 7.74. The Labute approximate surface area is 125 Å². The normalized spacial score (nSPS) is 16.7. The number of likely N-dealkylation sites (N-methyl/N-ethyl adjacent to an activating group) is 1. The van der Waals surface area contributed by atoms with Crippen LogP contribution in [0.2, 0.25) is 0 Å². The molecule has 0 saturated heterocycles. The van der Waals surface area contributed by atoms with Crippen molar-refractivity contribution in [3.05, 3.63) is 36.1 Å². The molecule has 3 rings (SSSR count). The lowest BCUT2D eigenvalue weighted by Gasteiger charge is -2.25. The highest BCUT2D eigenvalue weighted by atomic mass is 16.5. The van der Waals surface area contributed by atoms with Gasteiger partial charge in [0.25, 0.3) is 0 Å². The molecule has 1 aromatic carbocycles. The third kappa shape index (κ3) is 3.64. The van der Waals surface area contributed by atoms with E-state index in [1.54, 1.807) is 0 Å². The van der Waals surface area contributed by atoms with E-state index in [4.69, 9.17) is 14.9 Å². The molecule has 0 aliphatic heterocycles. The minimum Gasteiger partial charge on any atom is -0.459 e. The van der Waals surface area contributed by atoms with Gasteiger partial charge in [0.05, 0.1) is 12.6 Å². The van der Waals surface area contributed by atoms with E-state index in [0.717, 1.165) is 42.4 Å². The lowest BCUT2D eigenvalue weighted by molar-refractivity contribution is 0.0890. The zero-order chi connectivity index (χ0) is 14.7. The summed E-state index contributed by atoms with van der Waals surface area (Å²) >= 11 is 0. The van der Waals surface area contributed by atoms with E-state index in [9.17, 15) is 0 Å². The standard InChI is InChI=1S/C17H24N2O2/c1-19(8-9-20-12-13-6-7-13)15(11-18)17-10-14-4-2-3-5-16(14)21-17/h2-5,10,13,15H,6-9,11-12,18H2,1H3. The van der Waals surface area contributed by atoms with Crippen LogP contribution in [0.25, 0.3) is 11.0 Å². The van der Waals surface area contributed by atoms with Crippen LogP contribution in [-0.2, 0) is 4.74 Å². The minimum atomic E-state index is 0.0990. The number of nitrogens with zero attached hydrogens (tertiary/aromatic N) is 1. The van der Waals surface area contributed by atoms with Gasteiger partial charge in [-0.3, -0.25) is 4.90 Å². The fourth-order valence-electron chi connectivity index (χ4n) is 2.58. The Balaban J connectivity index is 1.59. The van der Waals surface area contributed by atoms with Crippen LogP contribution in [0.15, 0.2) is 34.7 Å². The summed E-state index contributed by atoms with van der Waals surface area (Å²) < 4.78 is 11.6. The van der Waals surface area contributed by atoms with Gasteiger partial charge >= 0.3 is 0 Å². The summed E-state index contributed by atoms with van der Waals surface area (Å²) in [7, 11) is 2.07. The Morgan fingerprint density at radius 2 is 2.19 bits per heavy atom. The summed E-state index contributed by atoms with van der Waals surface area (Å²) in [5.74, 6) is 1.75. The third-order valence-corrected chi connectivity index (χ3v) is 4.17. The van der Waals surface area contributed by atoms with E-state index >= 15 is 0 Å². The van der Waals surface area contributed by atoms with Gasteiger partial charge in [-0.25, -0.2) is 0 Å². The zero-order valence-corrected chi connectivity index (χ0v) is 12.6. The van der Waals surface area contributed by atoms with Crippen molar-refractivity contribution in [2.24, 2.45) is 11.7 Å². The van der Waals surface area contributed by atoms with Crippen molar-refractivity contribution >= 4 is 11.0 Å². The molecule has 0 bridgehead atoms. The molecule has 2 aromatic rings. The molecule has 4 nitrogen and oxygen atoms in total. The molecule has 0 radical (unpaired) electrons. The Hall–Kier alpha value is -1.36. The molecule has 114 valence electrons. The molecule has 0 spiro atoms. The molecule has 1 atom stereocenters. The second-order valence-electron chi connectivity index (χ2n) is 5.94. The van der Waals surface area contributed by atoms with Crippen LogP contribution < -0.4 is 5.73 Å².